The van der Waals surface area contributed by atoms with Gasteiger partial charge in [0.15, 0.2) is 0 Å². The average Bonchev–Trinajstić information content (AvgIpc) is 3.09. The van der Waals surface area contributed by atoms with Crippen LogP contribution >= 0.6 is 22.6 Å². The second-order valence-electron chi connectivity index (χ2n) is 5.22. The third kappa shape index (κ3) is 3.17. The fraction of sp³-hybridized carbons (Fsp3) is 0.176. The zero-order valence-corrected chi connectivity index (χ0v) is 14.8. The Kier molecular flexibility index (Phi) is 4.51. The summed E-state index contributed by atoms with van der Waals surface area (Å²) in [6.45, 7) is 2.37. The molecule has 1 aromatic heterocycles. The van der Waals surface area contributed by atoms with E-state index in [2.05, 4.69) is 27.9 Å². The van der Waals surface area contributed by atoms with Crippen molar-refractivity contribution in [2.75, 3.05) is 6.54 Å². The molecule has 1 aromatic carbocycles. The summed E-state index contributed by atoms with van der Waals surface area (Å²) in [6.07, 6.45) is 4.39. The van der Waals surface area contributed by atoms with E-state index in [1.54, 1.807) is 6.08 Å². The average molecular weight is 421 g/mol. The van der Waals surface area contributed by atoms with E-state index in [1.165, 1.54) is 4.90 Å². The molecule has 3 rings (SSSR count). The Morgan fingerprint density at radius 3 is 2.61 bits per heavy atom. The number of benzene rings is 1. The maximum Gasteiger partial charge on any atom is 0.329 e. The van der Waals surface area contributed by atoms with Crippen molar-refractivity contribution in [3.63, 3.8) is 0 Å². The highest BCUT2D eigenvalue weighted by Gasteiger charge is 2.32. The van der Waals surface area contributed by atoms with Crippen LogP contribution in [-0.4, -0.2) is 28.0 Å². The van der Waals surface area contributed by atoms with E-state index in [4.69, 9.17) is 0 Å². The molecule has 0 unspecified atom stereocenters. The molecule has 1 aliphatic rings. The summed E-state index contributed by atoms with van der Waals surface area (Å²) >= 11 is 2.26. The van der Waals surface area contributed by atoms with Gasteiger partial charge in [0.25, 0.3) is 5.91 Å². The molecule has 1 saturated heterocycles. The fourth-order valence-electron chi connectivity index (χ4n) is 2.49. The van der Waals surface area contributed by atoms with Crippen LogP contribution in [0.4, 0.5) is 4.79 Å². The Bertz CT molecular complexity index is 777. The van der Waals surface area contributed by atoms with Gasteiger partial charge in [0.1, 0.15) is 5.70 Å². The van der Waals surface area contributed by atoms with Gasteiger partial charge >= 0.3 is 6.03 Å². The number of urea groups is 1. The minimum Gasteiger partial charge on any atom is -0.317 e. The first-order valence-electron chi connectivity index (χ1n) is 7.38. The SMILES string of the molecule is CCCN1C(=O)N/C(=C/c2cccn2-c2ccc(I)cc2)C1=O. The molecule has 118 valence electrons. The third-order valence-electron chi connectivity index (χ3n) is 3.59. The number of aromatic nitrogens is 1. The summed E-state index contributed by atoms with van der Waals surface area (Å²) in [5.41, 5.74) is 2.16. The summed E-state index contributed by atoms with van der Waals surface area (Å²) in [6, 6.07) is 11.6. The topological polar surface area (TPSA) is 54.3 Å². The number of rotatable bonds is 4. The van der Waals surface area contributed by atoms with E-state index in [0.717, 1.165) is 21.4 Å². The molecule has 1 aliphatic heterocycles. The highest BCUT2D eigenvalue weighted by Crippen LogP contribution is 2.19. The molecule has 0 saturated carbocycles. The van der Waals surface area contributed by atoms with Gasteiger partial charge in [-0.25, -0.2) is 4.79 Å². The predicted octanol–water partition coefficient (Wildman–Crippen LogP) is 3.38. The lowest BCUT2D eigenvalue weighted by Crippen LogP contribution is -2.31. The third-order valence-corrected chi connectivity index (χ3v) is 4.31. The molecule has 2 heterocycles. The number of nitrogens with one attached hydrogen (secondary N) is 1. The van der Waals surface area contributed by atoms with Gasteiger partial charge in [-0.05, 0) is 71.5 Å². The van der Waals surface area contributed by atoms with Crippen LogP contribution in [0.15, 0.2) is 48.3 Å². The Labute approximate surface area is 148 Å². The summed E-state index contributed by atoms with van der Waals surface area (Å²) in [7, 11) is 0. The van der Waals surface area contributed by atoms with Crippen LogP contribution in [0.5, 0.6) is 0 Å². The van der Waals surface area contributed by atoms with E-state index in [0.29, 0.717) is 12.2 Å². The molecule has 3 amide bonds. The van der Waals surface area contributed by atoms with Gasteiger partial charge in [0.2, 0.25) is 0 Å². The number of halogens is 1. The maximum absolute atomic E-state index is 12.3. The molecule has 23 heavy (non-hydrogen) atoms. The van der Waals surface area contributed by atoms with E-state index in [1.807, 2.05) is 54.1 Å². The van der Waals surface area contributed by atoms with Crippen molar-refractivity contribution in [2.24, 2.45) is 0 Å². The zero-order chi connectivity index (χ0) is 16.4. The highest BCUT2D eigenvalue weighted by atomic mass is 127. The first-order valence-corrected chi connectivity index (χ1v) is 8.46. The Balaban J connectivity index is 1.92. The van der Waals surface area contributed by atoms with E-state index in [9.17, 15) is 9.59 Å². The van der Waals surface area contributed by atoms with Crippen molar-refractivity contribution in [2.45, 2.75) is 13.3 Å². The molecule has 5 nitrogen and oxygen atoms in total. The van der Waals surface area contributed by atoms with Crippen molar-refractivity contribution in [3.05, 3.63) is 57.6 Å². The van der Waals surface area contributed by atoms with Crippen LogP contribution in [0, 0.1) is 3.57 Å². The van der Waals surface area contributed by atoms with Crippen LogP contribution in [0.3, 0.4) is 0 Å². The number of nitrogens with zero attached hydrogens (tertiary/aromatic N) is 2. The highest BCUT2D eigenvalue weighted by molar-refractivity contribution is 14.1. The van der Waals surface area contributed by atoms with Crippen LogP contribution in [-0.2, 0) is 4.79 Å². The van der Waals surface area contributed by atoms with Gasteiger partial charge < -0.3 is 9.88 Å². The largest absolute Gasteiger partial charge is 0.329 e. The molecule has 0 aliphatic carbocycles. The summed E-state index contributed by atoms with van der Waals surface area (Å²) < 4.78 is 3.14. The second-order valence-corrected chi connectivity index (χ2v) is 6.47. The molecule has 0 spiro atoms. The maximum atomic E-state index is 12.3. The molecule has 1 N–H and O–H groups in total. The number of carbonyl (C=O) groups excluding carboxylic acids is 2. The van der Waals surface area contributed by atoms with Crippen LogP contribution in [0.2, 0.25) is 0 Å². The Hall–Kier alpha value is -2.09. The van der Waals surface area contributed by atoms with Crippen LogP contribution in [0.25, 0.3) is 11.8 Å². The summed E-state index contributed by atoms with van der Waals surface area (Å²) in [5, 5.41) is 2.65. The fourth-order valence-corrected chi connectivity index (χ4v) is 2.85. The standard InChI is InChI=1S/C17H16IN3O2/c1-2-9-21-16(22)15(19-17(21)23)11-14-4-3-10-20(14)13-7-5-12(18)6-8-13/h3-8,10-11H,2,9H2,1H3,(H,19,23)/b15-11+. The number of imide groups is 1. The Morgan fingerprint density at radius 2 is 1.91 bits per heavy atom. The lowest BCUT2D eigenvalue weighted by Gasteiger charge is -2.09. The monoisotopic (exact) mass is 421 g/mol. The van der Waals surface area contributed by atoms with Crippen LogP contribution < -0.4 is 5.32 Å². The molecule has 6 heteroatoms. The van der Waals surface area contributed by atoms with E-state index in [-0.39, 0.29) is 11.9 Å². The molecule has 0 atom stereocenters. The van der Waals surface area contributed by atoms with Crippen molar-refractivity contribution in [1.82, 2.24) is 14.8 Å². The quantitative estimate of drug-likeness (QED) is 0.468. The molecule has 0 radical (unpaired) electrons. The minimum absolute atomic E-state index is 0.271. The first kappa shape index (κ1) is 15.8. The van der Waals surface area contributed by atoms with Gasteiger partial charge in [0, 0.05) is 27.7 Å². The predicted molar refractivity (Wildman–Crippen MR) is 97.0 cm³/mol. The van der Waals surface area contributed by atoms with Crippen molar-refractivity contribution in [3.8, 4) is 5.69 Å². The van der Waals surface area contributed by atoms with E-state index < -0.39 is 0 Å². The normalized spacial score (nSPS) is 16.3. The lowest BCUT2D eigenvalue weighted by atomic mass is 10.2. The van der Waals surface area contributed by atoms with Gasteiger partial charge in [-0.3, -0.25) is 9.69 Å². The van der Waals surface area contributed by atoms with Crippen LogP contribution in [0.1, 0.15) is 19.0 Å². The smallest absolute Gasteiger partial charge is 0.317 e. The number of amides is 3. The molecule has 0 bridgehead atoms. The van der Waals surface area contributed by atoms with Crippen molar-refractivity contribution in [1.29, 1.82) is 0 Å². The second kappa shape index (κ2) is 6.57. The minimum atomic E-state index is -0.351. The van der Waals surface area contributed by atoms with Gasteiger partial charge in [-0.15, -0.1) is 0 Å². The number of hydrogen-bond donors (Lipinski definition) is 1. The summed E-state index contributed by atoms with van der Waals surface area (Å²) in [4.78, 5) is 25.4. The van der Waals surface area contributed by atoms with Gasteiger partial charge in [-0.1, -0.05) is 6.92 Å². The number of hydrogen-bond acceptors (Lipinski definition) is 2. The molecule has 2 aromatic rings. The Morgan fingerprint density at radius 1 is 1.17 bits per heavy atom. The summed E-state index contributed by atoms with van der Waals surface area (Å²) in [5.74, 6) is -0.271. The van der Waals surface area contributed by atoms with Crippen molar-refractivity contribution < 1.29 is 9.59 Å². The van der Waals surface area contributed by atoms with Gasteiger partial charge in [-0.2, -0.15) is 0 Å². The van der Waals surface area contributed by atoms with Crippen molar-refractivity contribution >= 4 is 40.6 Å². The molecule has 1 fully saturated rings. The van der Waals surface area contributed by atoms with E-state index >= 15 is 0 Å². The first-order chi connectivity index (χ1) is 11.1. The number of carbonyl (C=O) groups is 2. The molecular formula is C17H16IN3O2. The molecular weight excluding hydrogens is 405 g/mol. The lowest BCUT2D eigenvalue weighted by molar-refractivity contribution is -0.122. The zero-order valence-electron chi connectivity index (χ0n) is 12.6. The van der Waals surface area contributed by atoms with Gasteiger partial charge in [0.05, 0.1) is 0 Å².